The van der Waals surface area contributed by atoms with E-state index in [-0.39, 0.29) is 6.42 Å². The van der Waals surface area contributed by atoms with Crippen molar-refractivity contribution in [1.29, 1.82) is 0 Å². The van der Waals surface area contributed by atoms with Crippen molar-refractivity contribution in [1.82, 2.24) is 0 Å². The summed E-state index contributed by atoms with van der Waals surface area (Å²) in [5.74, 6) is -6.22. The molecule has 5 nitrogen and oxygen atoms in total. The van der Waals surface area contributed by atoms with E-state index < -0.39 is 50.4 Å². The molecule has 0 N–H and O–H groups in total. The summed E-state index contributed by atoms with van der Waals surface area (Å²) in [4.78, 5) is 1.41. The normalized spacial score (nSPS) is 12.0. The van der Waals surface area contributed by atoms with Crippen LogP contribution in [0.4, 0.5) is 23.2 Å². The van der Waals surface area contributed by atoms with Crippen LogP contribution >= 0.6 is 0 Å². The smallest absolute Gasteiger partial charge is 0.205 e. The first-order valence-corrected chi connectivity index (χ1v) is 14.4. The number of hydrogen-bond acceptors (Lipinski definition) is 4. The van der Waals surface area contributed by atoms with Gasteiger partial charge in [0, 0.05) is 43.5 Å². The van der Waals surface area contributed by atoms with Crippen LogP contribution in [0.3, 0.4) is 0 Å². The molecular formula is C27H36F4N2O3S. The third kappa shape index (κ3) is 9.41. The number of nitrogens with zero attached hydrogens (tertiary/aromatic N) is 2. The summed E-state index contributed by atoms with van der Waals surface area (Å²) in [6, 6.07) is 5.03. The van der Waals surface area contributed by atoms with Crippen molar-refractivity contribution in [2.75, 3.05) is 23.7 Å². The fraction of sp³-hybridized carbons (Fsp3) is 0.519. The molecule has 2 aromatic rings. The fourth-order valence-electron chi connectivity index (χ4n) is 4.08. The third-order valence-electron chi connectivity index (χ3n) is 6.09. The van der Waals surface area contributed by atoms with Gasteiger partial charge in [0.05, 0.1) is 15.7 Å². The van der Waals surface area contributed by atoms with Crippen LogP contribution in [0.25, 0.3) is 12.2 Å². The first-order chi connectivity index (χ1) is 17.6. The molecule has 2 rings (SSSR count). The molecule has 0 aliphatic rings. The molecule has 0 atom stereocenters. The van der Waals surface area contributed by atoms with E-state index >= 15 is 17.6 Å². The van der Waals surface area contributed by atoms with Gasteiger partial charge in [0.25, 0.3) is 0 Å². The Balaban J connectivity index is 2.33. The van der Waals surface area contributed by atoms with Gasteiger partial charge >= 0.3 is 0 Å². The summed E-state index contributed by atoms with van der Waals surface area (Å²) < 4.78 is 94.4. The molecule has 37 heavy (non-hydrogen) atoms. The van der Waals surface area contributed by atoms with Crippen LogP contribution in [-0.2, 0) is 16.7 Å². The van der Waals surface area contributed by atoms with Crippen LogP contribution < -0.4 is 9.47 Å². The Hall–Kier alpha value is -2.46. The van der Waals surface area contributed by atoms with E-state index in [2.05, 4.69) is 0 Å². The minimum atomic E-state index is -4.31. The second-order valence-electron chi connectivity index (χ2n) is 9.04. The van der Waals surface area contributed by atoms with Crippen LogP contribution in [0, 0.1) is 23.3 Å². The van der Waals surface area contributed by atoms with Crippen molar-refractivity contribution >= 4 is 28.0 Å². The number of aryl methyl sites for hydroxylation is 1. The number of hydrogen-bond donors (Lipinski definition) is 0. The molecular weight excluding hydrogens is 508 g/mol. The monoisotopic (exact) mass is 544 g/mol. The standard InChI is InChI=1S/C27H36F4N2O3S/c1-3-5-8-18-33(19-9-6-4-2)27-25(30)23(28)22(24(29)26(27)31)15-14-21-13-7-10-16-32(21)17-11-12-20-37(34,35)36/h7,10,13-16H,3-6,8-9,11-12,17-20H2,1-2H3. The van der Waals surface area contributed by atoms with Gasteiger partial charge in [0.1, 0.15) is 12.2 Å². The Bertz CT molecular complexity index is 1120. The maximum Gasteiger partial charge on any atom is 0.205 e. The zero-order chi connectivity index (χ0) is 27.4. The predicted octanol–water partition coefficient (Wildman–Crippen LogP) is 6.21. The molecule has 0 aliphatic heterocycles. The number of halogens is 4. The predicted molar refractivity (Wildman–Crippen MR) is 137 cm³/mol. The van der Waals surface area contributed by atoms with Gasteiger partial charge < -0.3 is 9.45 Å². The average molecular weight is 545 g/mol. The van der Waals surface area contributed by atoms with E-state index in [1.165, 1.54) is 11.0 Å². The van der Waals surface area contributed by atoms with Gasteiger partial charge in [-0.1, -0.05) is 39.5 Å². The Labute approximate surface area is 217 Å². The van der Waals surface area contributed by atoms with Crippen LogP contribution in [0.2, 0.25) is 0 Å². The van der Waals surface area contributed by atoms with E-state index in [4.69, 9.17) is 0 Å². The topological polar surface area (TPSA) is 64.3 Å². The number of anilines is 1. The van der Waals surface area contributed by atoms with Crippen LogP contribution in [0.1, 0.15) is 76.5 Å². The van der Waals surface area contributed by atoms with Gasteiger partial charge in [0.2, 0.25) is 5.69 Å². The SMILES string of the molecule is CCCCCN(CCCCC)c1c(F)c(F)c(C=Cc2cccc[n+]2CCCCS(=O)(=O)[O-])c(F)c1F. The van der Waals surface area contributed by atoms with E-state index in [9.17, 15) is 13.0 Å². The summed E-state index contributed by atoms with van der Waals surface area (Å²) >= 11 is 0. The third-order valence-corrected chi connectivity index (χ3v) is 6.88. The van der Waals surface area contributed by atoms with Crippen molar-refractivity contribution in [3.63, 3.8) is 0 Å². The van der Waals surface area contributed by atoms with Crippen molar-refractivity contribution in [3.05, 3.63) is 58.9 Å². The summed E-state index contributed by atoms with van der Waals surface area (Å²) in [6.45, 7) is 4.94. The largest absolute Gasteiger partial charge is 0.748 e. The quantitative estimate of drug-likeness (QED) is 0.0828. The molecule has 0 bridgehead atoms. The number of rotatable bonds is 16. The Kier molecular flexibility index (Phi) is 12.5. The zero-order valence-electron chi connectivity index (χ0n) is 21.5. The molecule has 0 spiro atoms. The minimum absolute atomic E-state index is 0.158. The minimum Gasteiger partial charge on any atom is -0.748 e. The molecule has 0 radical (unpaired) electrons. The zero-order valence-corrected chi connectivity index (χ0v) is 22.3. The lowest BCUT2D eigenvalue weighted by molar-refractivity contribution is -0.699. The fourth-order valence-corrected chi connectivity index (χ4v) is 4.63. The van der Waals surface area contributed by atoms with Gasteiger partial charge in [-0.15, -0.1) is 0 Å². The molecule has 0 fully saturated rings. The number of aromatic nitrogens is 1. The van der Waals surface area contributed by atoms with Crippen LogP contribution in [0.5, 0.6) is 0 Å². The highest BCUT2D eigenvalue weighted by Crippen LogP contribution is 2.32. The molecule has 1 heterocycles. The number of benzene rings is 1. The molecule has 0 saturated heterocycles. The van der Waals surface area contributed by atoms with Crippen LogP contribution in [-0.4, -0.2) is 31.8 Å². The Morgan fingerprint density at radius 1 is 0.838 bits per heavy atom. The highest BCUT2D eigenvalue weighted by molar-refractivity contribution is 7.85. The lowest BCUT2D eigenvalue weighted by Crippen LogP contribution is -2.36. The lowest BCUT2D eigenvalue weighted by Gasteiger charge is -2.26. The summed E-state index contributed by atoms with van der Waals surface area (Å²) in [5, 5.41) is 0. The average Bonchev–Trinajstić information content (AvgIpc) is 2.85. The van der Waals surface area contributed by atoms with Gasteiger partial charge in [0.15, 0.2) is 29.5 Å². The summed E-state index contributed by atoms with van der Waals surface area (Å²) in [7, 11) is -4.31. The first-order valence-electron chi connectivity index (χ1n) is 12.8. The van der Waals surface area contributed by atoms with Crippen LogP contribution in [0.15, 0.2) is 24.4 Å². The lowest BCUT2D eigenvalue weighted by atomic mass is 10.1. The number of pyridine rings is 1. The van der Waals surface area contributed by atoms with Gasteiger partial charge in [-0.3, -0.25) is 0 Å². The van der Waals surface area contributed by atoms with Crippen molar-refractivity contribution in [2.45, 2.75) is 71.8 Å². The number of unbranched alkanes of at least 4 members (excludes halogenated alkanes) is 5. The van der Waals surface area contributed by atoms with Gasteiger partial charge in [-0.2, -0.15) is 4.57 Å². The highest BCUT2D eigenvalue weighted by atomic mass is 32.2. The summed E-state index contributed by atoms with van der Waals surface area (Å²) in [6.07, 6.45) is 9.32. The molecule has 1 aromatic heterocycles. The van der Waals surface area contributed by atoms with Crippen molar-refractivity contribution in [2.24, 2.45) is 0 Å². The molecule has 0 amide bonds. The summed E-state index contributed by atoms with van der Waals surface area (Å²) in [5.41, 5.74) is -0.993. The van der Waals surface area contributed by atoms with E-state index in [0.29, 0.717) is 44.6 Å². The molecule has 0 saturated carbocycles. The van der Waals surface area contributed by atoms with Crippen molar-refractivity contribution < 1.29 is 35.1 Å². The first kappa shape index (κ1) is 30.8. The second-order valence-corrected chi connectivity index (χ2v) is 10.6. The Morgan fingerprint density at radius 3 is 1.97 bits per heavy atom. The van der Waals surface area contributed by atoms with Gasteiger partial charge in [-0.25, -0.2) is 26.0 Å². The molecule has 1 aromatic carbocycles. The maximum atomic E-state index is 15.1. The molecule has 10 heteroatoms. The second kappa shape index (κ2) is 15.1. The van der Waals surface area contributed by atoms with E-state index in [1.54, 1.807) is 29.0 Å². The Morgan fingerprint density at radius 2 is 1.43 bits per heavy atom. The van der Waals surface area contributed by atoms with E-state index in [1.807, 2.05) is 13.8 Å². The van der Waals surface area contributed by atoms with E-state index in [0.717, 1.165) is 31.8 Å². The van der Waals surface area contributed by atoms with Crippen molar-refractivity contribution in [3.8, 4) is 0 Å². The highest BCUT2D eigenvalue weighted by Gasteiger charge is 2.27. The van der Waals surface area contributed by atoms with Gasteiger partial charge in [-0.05, 0) is 31.4 Å². The maximum absolute atomic E-state index is 15.1. The molecule has 0 unspecified atom stereocenters. The molecule has 206 valence electrons. The molecule has 0 aliphatic carbocycles.